The lowest BCUT2D eigenvalue weighted by atomic mass is 10.0. The Balaban J connectivity index is 1.85. The zero-order valence-electron chi connectivity index (χ0n) is 11.0. The van der Waals surface area contributed by atoms with Crippen molar-refractivity contribution in [3.8, 4) is 0 Å². The van der Waals surface area contributed by atoms with E-state index in [0.29, 0.717) is 5.69 Å². The van der Waals surface area contributed by atoms with Gasteiger partial charge in [-0.3, -0.25) is 0 Å². The fraction of sp³-hybridized carbons (Fsp3) is 0.188. The first-order valence-corrected chi connectivity index (χ1v) is 6.64. The number of para-hydroxylation sites is 2. The number of aliphatic imine (C=N–C) groups is 1. The summed E-state index contributed by atoms with van der Waals surface area (Å²) >= 11 is 0. The van der Waals surface area contributed by atoms with Gasteiger partial charge in [0.1, 0.15) is 0 Å². The molecule has 0 saturated carbocycles. The third kappa shape index (κ3) is 2.56. The topological polar surface area (TPSA) is 53.5 Å². The Labute approximate surface area is 117 Å². The minimum absolute atomic E-state index is 0.250. The molecule has 1 heterocycles. The summed E-state index contributed by atoms with van der Waals surface area (Å²) in [6, 6.07) is 16.1. The second kappa shape index (κ2) is 5.59. The van der Waals surface area contributed by atoms with Crippen LogP contribution in [0.15, 0.2) is 53.5 Å². The van der Waals surface area contributed by atoms with Crippen LogP contribution in [0.4, 0.5) is 17.1 Å². The molecule has 2 aromatic rings. The van der Waals surface area contributed by atoms with E-state index >= 15 is 0 Å². The molecule has 100 valence electrons. The lowest BCUT2D eigenvalue weighted by molar-refractivity contribution is 0.565. The second-order valence-electron chi connectivity index (χ2n) is 4.75. The SMILES string of the molecule is O=C=Nc1ccc(C2CCNc3ccccc3N2)cc1. The van der Waals surface area contributed by atoms with Crippen LogP contribution in [-0.2, 0) is 4.79 Å². The van der Waals surface area contributed by atoms with Crippen molar-refractivity contribution in [2.24, 2.45) is 4.99 Å². The van der Waals surface area contributed by atoms with Crippen molar-refractivity contribution >= 4 is 23.1 Å². The van der Waals surface area contributed by atoms with Crippen molar-refractivity contribution in [2.45, 2.75) is 12.5 Å². The fourth-order valence-electron chi connectivity index (χ4n) is 2.46. The van der Waals surface area contributed by atoms with E-state index < -0.39 is 0 Å². The Hall–Kier alpha value is -2.58. The van der Waals surface area contributed by atoms with E-state index in [-0.39, 0.29) is 6.04 Å². The molecule has 2 aromatic carbocycles. The monoisotopic (exact) mass is 265 g/mol. The molecule has 1 aliphatic rings. The molecule has 0 fully saturated rings. The van der Waals surface area contributed by atoms with E-state index in [2.05, 4.69) is 27.8 Å². The summed E-state index contributed by atoms with van der Waals surface area (Å²) in [6.07, 6.45) is 2.55. The lowest BCUT2D eigenvalue weighted by Crippen LogP contribution is -2.10. The molecule has 1 aliphatic heterocycles. The Kier molecular flexibility index (Phi) is 3.48. The molecule has 2 N–H and O–H groups in total. The highest BCUT2D eigenvalue weighted by molar-refractivity contribution is 5.70. The van der Waals surface area contributed by atoms with Crippen LogP contribution in [0.5, 0.6) is 0 Å². The summed E-state index contributed by atoms with van der Waals surface area (Å²) in [5.41, 5.74) is 4.08. The van der Waals surface area contributed by atoms with Gasteiger partial charge >= 0.3 is 0 Å². The molecule has 3 rings (SSSR count). The highest BCUT2D eigenvalue weighted by atomic mass is 16.1. The summed E-state index contributed by atoms with van der Waals surface area (Å²) in [7, 11) is 0. The van der Waals surface area contributed by atoms with Gasteiger partial charge < -0.3 is 10.6 Å². The minimum atomic E-state index is 0.250. The molecule has 0 amide bonds. The van der Waals surface area contributed by atoms with Crippen LogP contribution < -0.4 is 10.6 Å². The van der Waals surface area contributed by atoms with E-state index in [0.717, 1.165) is 24.3 Å². The molecule has 20 heavy (non-hydrogen) atoms. The molecular weight excluding hydrogens is 250 g/mol. The van der Waals surface area contributed by atoms with Crippen LogP contribution in [0.2, 0.25) is 0 Å². The van der Waals surface area contributed by atoms with Crippen LogP contribution in [0.1, 0.15) is 18.0 Å². The summed E-state index contributed by atoms with van der Waals surface area (Å²) in [6.45, 7) is 0.920. The van der Waals surface area contributed by atoms with Gasteiger partial charge in [-0.1, -0.05) is 24.3 Å². The Morgan fingerprint density at radius 2 is 1.80 bits per heavy atom. The lowest BCUT2D eigenvalue weighted by Gasteiger charge is -2.18. The van der Waals surface area contributed by atoms with E-state index in [1.165, 1.54) is 5.56 Å². The maximum Gasteiger partial charge on any atom is 0.240 e. The first-order chi connectivity index (χ1) is 9.86. The van der Waals surface area contributed by atoms with Crippen molar-refractivity contribution < 1.29 is 4.79 Å². The zero-order valence-corrected chi connectivity index (χ0v) is 11.0. The second-order valence-corrected chi connectivity index (χ2v) is 4.75. The molecule has 4 nitrogen and oxygen atoms in total. The van der Waals surface area contributed by atoms with Gasteiger partial charge in [0.05, 0.1) is 23.1 Å². The van der Waals surface area contributed by atoms with Gasteiger partial charge in [0, 0.05) is 6.54 Å². The van der Waals surface area contributed by atoms with Crippen molar-refractivity contribution in [3.05, 3.63) is 54.1 Å². The summed E-state index contributed by atoms with van der Waals surface area (Å²) in [5, 5.41) is 6.98. The van der Waals surface area contributed by atoms with Crippen molar-refractivity contribution in [1.82, 2.24) is 0 Å². The number of hydrogen-bond donors (Lipinski definition) is 2. The number of benzene rings is 2. The standard InChI is InChI=1S/C16H15N3O/c20-11-18-13-7-5-12(6-8-13)14-9-10-17-15-3-1-2-4-16(15)19-14/h1-8,14,17,19H,9-10H2. The van der Waals surface area contributed by atoms with E-state index in [4.69, 9.17) is 0 Å². The maximum absolute atomic E-state index is 10.2. The average Bonchev–Trinajstić information content (AvgIpc) is 2.70. The molecule has 0 spiro atoms. The van der Waals surface area contributed by atoms with E-state index in [9.17, 15) is 4.79 Å². The third-order valence-corrected chi connectivity index (χ3v) is 3.48. The van der Waals surface area contributed by atoms with Crippen LogP contribution in [-0.4, -0.2) is 12.6 Å². The number of anilines is 2. The summed E-state index contributed by atoms with van der Waals surface area (Å²) < 4.78 is 0. The van der Waals surface area contributed by atoms with E-state index in [1.807, 2.05) is 36.4 Å². The Bertz CT molecular complexity index is 645. The number of nitrogens with zero attached hydrogens (tertiary/aromatic N) is 1. The van der Waals surface area contributed by atoms with Gasteiger partial charge in [-0.25, -0.2) is 4.79 Å². The van der Waals surface area contributed by atoms with Crippen molar-refractivity contribution in [1.29, 1.82) is 0 Å². The molecule has 0 aliphatic carbocycles. The molecule has 4 heteroatoms. The number of rotatable bonds is 2. The van der Waals surface area contributed by atoms with Gasteiger partial charge in [-0.05, 0) is 36.2 Å². The Morgan fingerprint density at radius 1 is 1.05 bits per heavy atom. The number of carbonyl (C=O) groups excluding carboxylic acids is 1. The summed E-state index contributed by atoms with van der Waals surface area (Å²) in [5.74, 6) is 0. The van der Waals surface area contributed by atoms with Gasteiger partial charge in [0.25, 0.3) is 0 Å². The molecule has 0 saturated heterocycles. The minimum Gasteiger partial charge on any atom is -0.383 e. The summed E-state index contributed by atoms with van der Waals surface area (Å²) in [4.78, 5) is 13.8. The molecule has 0 aromatic heterocycles. The van der Waals surface area contributed by atoms with Crippen LogP contribution in [0.3, 0.4) is 0 Å². The van der Waals surface area contributed by atoms with Gasteiger partial charge in [-0.2, -0.15) is 4.99 Å². The first-order valence-electron chi connectivity index (χ1n) is 6.64. The van der Waals surface area contributed by atoms with Crippen LogP contribution in [0, 0.1) is 0 Å². The van der Waals surface area contributed by atoms with Crippen molar-refractivity contribution in [2.75, 3.05) is 17.2 Å². The maximum atomic E-state index is 10.2. The molecule has 0 bridgehead atoms. The van der Waals surface area contributed by atoms with Crippen LogP contribution >= 0.6 is 0 Å². The molecule has 0 radical (unpaired) electrons. The normalized spacial score (nSPS) is 16.9. The van der Waals surface area contributed by atoms with Gasteiger partial charge in [0.2, 0.25) is 6.08 Å². The van der Waals surface area contributed by atoms with Crippen LogP contribution in [0.25, 0.3) is 0 Å². The number of isocyanates is 1. The molecule has 1 unspecified atom stereocenters. The quantitative estimate of drug-likeness (QED) is 0.644. The number of hydrogen-bond acceptors (Lipinski definition) is 4. The van der Waals surface area contributed by atoms with Gasteiger partial charge in [0.15, 0.2) is 0 Å². The Morgan fingerprint density at radius 3 is 2.55 bits per heavy atom. The molecular formula is C16H15N3O. The number of fused-ring (bicyclic) bond motifs is 1. The van der Waals surface area contributed by atoms with E-state index in [1.54, 1.807) is 6.08 Å². The third-order valence-electron chi connectivity index (χ3n) is 3.48. The van der Waals surface area contributed by atoms with Gasteiger partial charge in [-0.15, -0.1) is 0 Å². The predicted octanol–water partition coefficient (Wildman–Crippen LogP) is 3.62. The largest absolute Gasteiger partial charge is 0.383 e. The first kappa shape index (κ1) is 12.5. The molecule has 1 atom stereocenters. The fourth-order valence-corrected chi connectivity index (χ4v) is 2.46. The smallest absolute Gasteiger partial charge is 0.240 e. The predicted molar refractivity (Wildman–Crippen MR) is 80.1 cm³/mol. The highest BCUT2D eigenvalue weighted by Gasteiger charge is 2.16. The highest BCUT2D eigenvalue weighted by Crippen LogP contribution is 2.31. The zero-order chi connectivity index (χ0) is 13.8. The average molecular weight is 265 g/mol. The number of nitrogens with one attached hydrogen (secondary N) is 2. The van der Waals surface area contributed by atoms with Crippen molar-refractivity contribution in [3.63, 3.8) is 0 Å².